The molecule has 0 aromatic carbocycles. The monoisotopic (exact) mass is 434 g/mol. The van der Waals surface area contributed by atoms with Crippen LogP contribution in [0.25, 0.3) is 0 Å². The van der Waals surface area contributed by atoms with Crippen molar-refractivity contribution in [3.05, 3.63) is 0 Å². The van der Waals surface area contributed by atoms with Crippen molar-refractivity contribution < 1.29 is 77.5 Å². The van der Waals surface area contributed by atoms with Crippen molar-refractivity contribution in [1.29, 1.82) is 0 Å². The van der Waals surface area contributed by atoms with Crippen LogP contribution in [0.1, 0.15) is 25.7 Å². The van der Waals surface area contributed by atoms with Crippen molar-refractivity contribution in [2.45, 2.75) is 48.8 Å². The number of hydrogen-bond acceptors (Lipinski definition) is 16. The van der Waals surface area contributed by atoms with Gasteiger partial charge in [-0.25, -0.2) is 14.4 Å². The van der Waals surface area contributed by atoms with Crippen LogP contribution in [0.5, 0.6) is 0 Å². The summed E-state index contributed by atoms with van der Waals surface area (Å²) in [7, 11) is 0. The number of aliphatic hydroxyl groups is 2. The fourth-order valence-corrected chi connectivity index (χ4v) is 2.91. The molecular weight excluding hydrogens is 424 g/mol. The van der Waals surface area contributed by atoms with Gasteiger partial charge < -0.3 is 29.2 Å². The summed E-state index contributed by atoms with van der Waals surface area (Å²) in [6.45, 7) is 0. The SMILES string of the molecule is O=C1CC2(O)CC(=O)OC3(OO1)OC(=O)CC1(O)CC(=O)OC3(OOC2=O)OC1=O. The van der Waals surface area contributed by atoms with E-state index in [4.69, 9.17) is 18.9 Å². The number of hydrogen-bond donors (Lipinski definition) is 2. The van der Waals surface area contributed by atoms with Crippen molar-refractivity contribution in [2.24, 2.45) is 0 Å². The standard InChI is InChI=1S/C14H10O16/c15-5-1-11(21)2-6(16)25-14(26-9(11)19)13(23-5)24-7(17)3-12(22,10(20)28-30-14)4-8(18)27-29-13/h21-22H,1-4H2. The Labute approximate surface area is 163 Å². The summed E-state index contributed by atoms with van der Waals surface area (Å²) < 4.78 is 18.9. The first-order valence-corrected chi connectivity index (χ1v) is 8.03. The minimum absolute atomic E-state index is 1.17. The summed E-state index contributed by atoms with van der Waals surface area (Å²) in [5, 5.41) is 20.7. The Balaban J connectivity index is 1.96. The molecule has 0 aliphatic carbocycles. The molecule has 0 radical (unpaired) electrons. The van der Waals surface area contributed by atoms with Gasteiger partial charge in [0, 0.05) is 0 Å². The fraction of sp³-hybridized carbons (Fsp3) is 0.571. The zero-order valence-corrected chi connectivity index (χ0v) is 14.4. The Morgan fingerprint density at radius 3 is 1.47 bits per heavy atom. The first-order valence-electron chi connectivity index (χ1n) is 8.03. The zero-order valence-electron chi connectivity index (χ0n) is 14.4. The van der Waals surface area contributed by atoms with Crippen molar-refractivity contribution in [3.8, 4) is 0 Å². The molecule has 2 N–H and O–H groups in total. The van der Waals surface area contributed by atoms with E-state index in [1.807, 2.05) is 0 Å². The van der Waals surface area contributed by atoms with Crippen LogP contribution in [0, 0.1) is 0 Å². The van der Waals surface area contributed by atoms with Crippen LogP contribution in [0.2, 0.25) is 0 Å². The molecule has 0 amide bonds. The van der Waals surface area contributed by atoms with Crippen LogP contribution in [0.4, 0.5) is 0 Å². The number of fused-ring (bicyclic) bond motifs is 5. The number of rotatable bonds is 0. The molecular formula is C14H10O16. The molecule has 162 valence electrons. The molecule has 16 nitrogen and oxygen atoms in total. The first-order chi connectivity index (χ1) is 13.9. The summed E-state index contributed by atoms with van der Waals surface area (Å²) in [6.07, 6.45) is -4.89. The highest BCUT2D eigenvalue weighted by atomic mass is 17.3. The molecule has 4 saturated heterocycles. The van der Waals surface area contributed by atoms with Gasteiger partial charge in [-0.15, -0.1) is 0 Å². The predicted octanol–water partition coefficient (Wildman–Crippen LogP) is -3.51. The minimum Gasteiger partial charge on any atom is -0.387 e. The van der Waals surface area contributed by atoms with Gasteiger partial charge in [0.2, 0.25) is 0 Å². The molecule has 0 aromatic heterocycles. The third-order valence-electron chi connectivity index (χ3n) is 4.33. The van der Waals surface area contributed by atoms with E-state index in [2.05, 4.69) is 19.6 Å². The Kier molecular flexibility index (Phi) is 4.04. The normalized spacial score (nSPS) is 41.4. The van der Waals surface area contributed by atoms with Gasteiger partial charge in [0.05, 0.1) is 25.7 Å². The number of carbonyl (C=O) groups is 6. The highest BCUT2D eigenvalue weighted by molar-refractivity contribution is 5.93. The van der Waals surface area contributed by atoms with E-state index in [-0.39, 0.29) is 0 Å². The second-order valence-corrected chi connectivity index (χ2v) is 6.69. The smallest absolute Gasteiger partial charge is 0.387 e. The third kappa shape index (κ3) is 2.84. The van der Waals surface area contributed by atoms with E-state index in [1.165, 1.54) is 0 Å². The quantitative estimate of drug-likeness (QED) is 0.279. The van der Waals surface area contributed by atoms with Gasteiger partial charge in [0.25, 0.3) is 0 Å². The molecule has 16 heteroatoms. The molecule has 4 aliphatic heterocycles. The maximum absolute atomic E-state index is 12.4. The molecule has 4 bridgehead atoms. The van der Waals surface area contributed by atoms with Gasteiger partial charge in [-0.3, -0.25) is 24.2 Å². The fourth-order valence-electron chi connectivity index (χ4n) is 2.91. The highest BCUT2D eigenvalue weighted by Gasteiger charge is 2.78. The number of ether oxygens (including phenoxy) is 4. The maximum atomic E-state index is 12.4. The average Bonchev–Trinajstić information content (AvgIpc) is 2.63. The second-order valence-electron chi connectivity index (χ2n) is 6.69. The van der Waals surface area contributed by atoms with E-state index in [0.717, 1.165) is 0 Å². The Bertz CT molecular complexity index is 894. The predicted molar refractivity (Wildman–Crippen MR) is 72.6 cm³/mol. The van der Waals surface area contributed by atoms with Gasteiger partial charge in [-0.2, -0.15) is 0 Å². The summed E-state index contributed by atoms with van der Waals surface area (Å²) in [5.41, 5.74) is -5.74. The van der Waals surface area contributed by atoms with Gasteiger partial charge >= 0.3 is 47.8 Å². The molecule has 30 heavy (non-hydrogen) atoms. The van der Waals surface area contributed by atoms with Crippen molar-refractivity contribution in [1.82, 2.24) is 0 Å². The number of esters is 4. The van der Waals surface area contributed by atoms with Crippen molar-refractivity contribution >= 4 is 35.8 Å². The van der Waals surface area contributed by atoms with Crippen LogP contribution < -0.4 is 0 Å². The summed E-state index contributed by atoms with van der Waals surface area (Å²) in [5.74, 6) is -17.1. The lowest BCUT2D eigenvalue weighted by molar-refractivity contribution is -0.611. The molecule has 4 atom stereocenters. The zero-order chi connectivity index (χ0) is 21.9. The Hall–Kier alpha value is -3.34. The lowest BCUT2D eigenvalue weighted by Gasteiger charge is -2.40. The highest BCUT2D eigenvalue weighted by Crippen LogP contribution is 2.45. The minimum atomic E-state index is -3.70. The molecule has 4 heterocycles. The summed E-state index contributed by atoms with van der Waals surface area (Å²) >= 11 is 0. The van der Waals surface area contributed by atoms with Crippen molar-refractivity contribution in [2.75, 3.05) is 0 Å². The van der Waals surface area contributed by atoms with Crippen LogP contribution in [-0.2, 0) is 67.3 Å². The van der Waals surface area contributed by atoms with E-state index in [0.29, 0.717) is 0 Å². The van der Waals surface area contributed by atoms with Crippen LogP contribution in [-0.4, -0.2) is 69.2 Å². The molecule has 4 aliphatic rings. The van der Waals surface area contributed by atoms with Gasteiger partial charge in [-0.1, -0.05) is 9.78 Å². The largest absolute Gasteiger partial charge is 0.529 e. The van der Waals surface area contributed by atoms with E-state index in [9.17, 15) is 39.0 Å². The van der Waals surface area contributed by atoms with Gasteiger partial charge in [0.15, 0.2) is 11.2 Å². The molecule has 4 fully saturated rings. The van der Waals surface area contributed by atoms with Crippen LogP contribution in [0.3, 0.4) is 0 Å². The topological polar surface area (TPSA) is 217 Å². The number of carbonyl (C=O) groups excluding carboxylic acids is 6. The average molecular weight is 434 g/mol. The van der Waals surface area contributed by atoms with E-state index in [1.54, 1.807) is 0 Å². The van der Waals surface area contributed by atoms with E-state index < -0.39 is 84.6 Å². The van der Waals surface area contributed by atoms with E-state index >= 15 is 0 Å². The Morgan fingerprint density at radius 1 is 0.533 bits per heavy atom. The molecule has 2 spiro atoms. The molecule has 4 rings (SSSR count). The molecule has 0 aromatic rings. The first kappa shape index (κ1) is 20.0. The Morgan fingerprint density at radius 2 is 0.933 bits per heavy atom. The molecule has 4 unspecified atom stereocenters. The lowest BCUT2D eigenvalue weighted by Crippen LogP contribution is -2.67. The second kappa shape index (κ2) is 6.08. The van der Waals surface area contributed by atoms with Gasteiger partial charge in [0.1, 0.15) is 0 Å². The van der Waals surface area contributed by atoms with Crippen LogP contribution in [0.15, 0.2) is 0 Å². The summed E-state index contributed by atoms with van der Waals surface area (Å²) in [4.78, 5) is 91.1. The third-order valence-corrected chi connectivity index (χ3v) is 4.33. The van der Waals surface area contributed by atoms with Gasteiger partial charge in [-0.05, 0) is 0 Å². The molecule has 0 saturated carbocycles. The lowest BCUT2D eigenvalue weighted by atomic mass is 9.95. The summed E-state index contributed by atoms with van der Waals surface area (Å²) in [6, 6.07) is 0. The van der Waals surface area contributed by atoms with Crippen LogP contribution >= 0.6 is 0 Å². The maximum Gasteiger partial charge on any atom is 0.529 e. The van der Waals surface area contributed by atoms with Crippen molar-refractivity contribution in [3.63, 3.8) is 0 Å².